The number of hydrogen-bond acceptors (Lipinski definition) is 3. The van der Waals surface area contributed by atoms with Crippen molar-refractivity contribution in [1.82, 2.24) is 4.98 Å². The highest BCUT2D eigenvalue weighted by Crippen LogP contribution is 2.16. The van der Waals surface area contributed by atoms with Crippen LogP contribution in [0.25, 0.3) is 10.9 Å². The van der Waals surface area contributed by atoms with E-state index in [2.05, 4.69) is 9.38 Å². The molecule has 0 fully saturated rings. The molecule has 0 unspecified atom stereocenters. The second-order valence-corrected chi connectivity index (χ2v) is 6.08. The first-order chi connectivity index (χ1) is 10.2. The zero-order valence-electron chi connectivity index (χ0n) is 11.0. The van der Waals surface area contributed by atoms with E-state index in [9.17, 15) is 8.42 Å². The molecule has 1 heterocycles. The summed E-state index contributed by atoms with van der Waals surface area (Å²) in [5.41, 5.74) is 1.40. The summed E-state index contributed by atoms with van der Waals surface area (Å²) < 4.78 is 28.0. The summed E-state index contributed by atoms with van der Waals surface area (Å²) in [7, 11) is -3.69. The van der Waals surface area contributed by atoms with Gasteiger partial charge in [-0.1, -0.05) is 42.5 Å². The molecular formula is C16H12N2O2S. The molecule has 0 aliphatic heterocycles. The summed E-state index contributed by atoms with van der Waals surface area (Å²) in [4.78, 5) is 4.44. The second-order valence-electron chi connectivity index (χ2n) is 4.44. The fourth-order valence-electron chi connectivity index (χ4n) is 2.01. The van der Waals surface area contributed by atoms with Gasteiger partial charge in [-0.3, -0.25) is 4.98 Å². The third kappa shape index (κ3) is 2.83. The van der Waals surface area contributed by atoms with Crippen molar-refractivity contribution in [2.45, 2.75) is 4.90 Å². The van der Waals surface area contributed by atoms with Crippen molar-refractivity contribution in [3.8, 4) is 0 Å². The number of rotatable bonds is 3. The van der Waals surface area contributed by atoms with Crippen LogP contribution in [0.1, 0.15) is 5.56 Å². The van der Waals surface area contributed by atoms with Crippen molar-refractivity contribution in [2.24, 2.45) is 4.40 Å². The summed E-state index contributed by atoms with van der Waals surface area (Å²) in [6.07, 6.45) is 3.02. The molecule has 4 nitrogen and oxygen atoms in total. The Labute approximate surface area is 122 Å². The molecule has 3 aromatic rings. The molecule has 0 amide bonds. The Balaban J connectivity index is 2.03. The fourth-order valence-corrected chi connectivity index (χ4v) is 2.89. The summed E-state index contributed by atoms with van der Waals surface area (Å²) in [5.74, 6) is 0. The van der Waals surface area contributed by atoms with Gasteiger partial charge >= 0.3 is 0 Å². The summed E-state index contributed by atoms with van der Waals surface area (Å²) in [6.45, 7) is 0. The third-order valence-corrected chi connectivity index (χ3v) is 4.29. The van der Waals surface area contributed by atoms with Crippen LogP contribution in [0, 0.1) is 0 Å². The maximum Gasteiger partial charge on any atom is 0.282 e. The van der Waals surface area contributed by atoms with Crippen molar-refractivity contribution in [3.63, 3.8) is 0 Å². The highest BCUT2D eigenvalue weighted by molar-refractivity contribution is 7.90. The van der Waals surface area contributed by atoms with Crippen LogP contribution >= 0.6 is 0 Å². The normalized spacial score (nSPS) is 12.0. The number of fused-ring (bicyclic) bond motifs is 1. The molecule has 0 bridgehead atoms. The van der Waals surface area contributed by atoms with Crippen LogP contribution in [-0.4, -0.2) is 19.6 Å². The van der Waals surface area contributed by atoms with Crippen molar-refractivity contribution in [1.29, 1.82) is 0 Å². The van der Waals surface area contributed by atoms with E-state index in [1.165, 1.54) is 18.3 Å². The Bertz CT molecular complexity index is 898. The van der Waals surface area contributed by atoms with Crippen LogP contribution in [0.2, 0.25) is 0 Å². The second kappa shape index (κ2) is 5.46. The molecule has 0 radical (unpaired) electrons. The molecule has 21 heavy (non-hydrogen) atoms. The molecule has 104 valence electrons. The lowest BCUT2D eigenvalue weighted by molar-refractivity contribution is 0.598. The summed E-state index contributed by atoms with van der Waals surface area (Å²) in [6, 6.07) is 17.5. The number of pyridine rings is 1. The van der Waals surface area contributed by atoms with E-state index in [4.69, 9.17) is 0 Å². The molecule has 0 aliphatic rings. The van der Waals surface area contributed by atoms with Crippen LogP contribution in [0.15, 0.2) is 76.2 Å². The SMILES string of the molecule is O=S(=O)(/N=C/c1cccc2cccnc12)c1ccccc1. The first-order valence-electron chi connectivity index (χ1n) is 6.36. The molecular weight excluding hydrogens is 284 g/mol. The molecule has 0 aliphatic carbocycles. The number of para-hydroxylation sites is 1. The molecule has 5 heteroatoms. The zero-order chi connectivity index (χ0) is 14.7. The lowest BCUT2D eigenvalue weighted by atomic mass is 10.1. The zero-order valence-corrected chi connectivity index (χ0v) is 11.9. The van der Waals surface area contributed by atoms with Crippen LogP contribution in [-0.2, 0) is 10.0 Å². The van der Waals surface area contributed by atoms with Gasteiger partial charge < -0.3 is 0 Å². The van der Waals surface area contributed by atoms with Crippen LogP contribution < -0.4 is 0 Å². The van der Waals surface area contributed by atoms with Gasteiger partial charge in [-0.05, 0) is 18.2 Å². The molecule has 0 atom stereocenters. The van der Waals surface area contributed by atoms with E-state index in [1.54, 1.807) is 30.5 Å². The Hall–Kier alpha value is -2.53. The molecule has 0 N–H and O–H groups in total. The molecule has 0 saturated heterocycles. The van der Waals surface area contributed by atoms with Crippen molar-refractivity contribution < 1.29 is 8.42 Å². The van der Waals surface area contributed by atoms with Gasteiger partial charge in [0.25, 0.3) is 10.0 Å². The summed E-state index contributed by atoms with van der Waals surface area (Å²) in [5, 5.41) is 0.943. The average Bonchev–Trinajstić information content (AvgIpc) is 2.54. The number of aromatic nitrogens is 1. The lowest BCUT2D eigenvalue weighted by Gasteiger charge is -2.01. The Morgan fingerprint density at radius 1 is 0.905 bits per heavy atom. The van der Waals surface area contributed by atoms with Crippen molar-refractivity contribution >= 4 is 27.1 Å². The standard InChI is InChI=1S/C16H12N2O2S/c19-21(20,15-9-2-1-3-10-15)18-12-14-7-4-6-13-8-5-11-17-16(13)14/h1-12H/b18-12+. The predicted molar refractivity (Wildman–Crippen MR) is 83.0 cm³/mol. The van der Waals surface area contributed by atoms with Gasteiger partial charge in [0, 0.05) is 23.4 Å². The molecule has 2 aromatic carbocycles. The van der Waals surface area contributed by atoms with Crippen molar-refractivity contribution in [2.75, 3.05) is 0 Å². The smallest absolute Gasteiger partial charge is 0.256 e. The minimum absolute atomic E-state index is 0.175. The minimum Gasteiger partial charge on any atom is -0.256 e. The highest BCUT2D eigenvalue weighted by Gasteiger charge is 2.10. The molecule has 3 rings (SSSR count). The predicted octanol–water partition coefficient (Wildman–Crippen LogP) is 3.04. The van der Waals surface area contributed by atoms with E-state index in [-0.39, 0.29) is 4.90 Å². The number of benzene rings is 2. The van der Waals surface area contributed by atoms with Crippen molar-refractivity contribution in [3.05, 3.63) is 72.4 Å². The summed E-state index contributed by atoms with van der Waals surface area (Å²) >= 11 is 0. The Kier molecular flexibility index (Phi) is 3.50. The van der Waals surface area contributed by atoms with Gasteiger partial charge in [-0.25, -0.2) is 0 Å². The van der Waals surface area contributed by atoms with Gasteiger partial charge in [-0.2, -0.15) is 12.8 Å². The lowest BCUT2D eigenvalue weighted by Crippen LogP contribution is -1.98. The van der Waals surface area contributed by atoms with Crippen LogP contribution in [0.4, 0.5) is 0 Å². The van der Waals surface area contributed by atoms with Gasteiger partial charge in [0.1, 0.15) is 0 Å². The largest absolute Gasteiger partial charge is 0.282 e. The Morgan fingerprint density at radius 3 is 2.48 bits per heavy atom. The van der Waals surface area contributed by atoms with Gasteiger partial charge in [0.2, 0.25) is 0 Å². The first kappa shape index (κ1) is 13.5. The van der Waals surface area contributed by atoms with Crippen LogP contribution in [0.5, 0.6) is 0 Å². The van der Waals surface area contributed by atoms with E-state index in [0.29, 0.717) is 5.56 Å². The quantitative estimate of drug-likeness (QED) is 0.698. The van der Waals surface area contributed by atoms with E-state index in [0.717, 1.165) is 10.9 Å². The maximum absolute atomic E-state index is 12.1. The van der Waals surface area contributed by atoms with E-state index < -0.39 is 10.0 Å². The third-order valence-electron chi connectivity index (χ3n) is 3.04. The average molecular weight is 296 g/mol. The fraction of sp³-hybridized carbons (Fsp3) is 0. The monoisotopic (exact) mass is 296 g/mol. The van der Waals surface area contributed by atoms with Crippen LogP contribution in [0.3, 0.4) is 0 Å². The number of hydrogen-bond donors (Lipinski definition) is 0. The number of nitrogens with zero attached hydrogens (tertiary/aromatic N) is 2. The molecule has 1 aromatic heterocycles. The molecule has 0 spiro atoms. The Morgan fingerprint density at radius 2 is 1.67 bits per heavy atom. The van der Waals surface area contributed by atoms with E-state index in [1.807, 2.05) is 24.3 Å². The minimum atomic E-state index is -3.69. The topological polar surface area (TPSA) is 59.4 Å². The van der Waals surface area contributed by atoms with E-state index >= 15 is 0 Å². The van der Waals surface area contributed by atoms with Gasteiger partial charge in [0.15, 0.2) is 0 Å². The van der Waals surface area contributed by atoms with Gasteiger partial charge in [0.05, 0.1) is 10.4 Å². The maximum atomic E-state index is 12.1. The molecule has 0 saturated carbocycles. The van der Waals surface area contributed by atoms with Gasteiger partial charge in [-0.15, -0.1) is 0 Å². The highest BCUT2D eigenvalue weighted by atomic mass is 32.2. The first-order valence-corrected chi connectivity index (χ1v) is 7.80. The number of sulfonamides is 1.